The maximum absolute atomic E-state index is 12.5. The molecule has 74 heavy (non-hydrogen) atoms. The summed E-state index contributed by atoms with van der Waals surface area (Å²) in [5.41, 5.74) is 0. The number of hydrogen-bond donors (Lipinski definition) is 3. The minimum Gasteiger partial charge on any atom is -0.466 e. The van der Waals surface area contributed by atoms with Crippen LogP contribution in [0.1, 0.15) is 386 Å². The van der Waals surface area contributed by atoms with Gasteiger partial charge in [-0.15, -0.1) is 0 Å². The Bertz CT molecular complexity index is 1110. The van der Waals surface area contributed by atoms with Gasteiger partial charge in [0.05, 0.1) is 25.4 Å². The van der Waals surface area contributed by atoms with Crippen LogP contribution in [-0.2, 0) is 14.3 Å². The summed E-state index contributed by atoms with van der Waals surface area (Å²) in [5, 5.41) is 23.3. The van der Waals surface area contributed by atoms with Gasteiger partial charge >= 0.3 is 5.97 Å². The van der Waals surface area contributed by atoms with E-state index in [0.717, 1.165) is 38.5 Å². The SMILES string of the molecule is CCCCCCCCCCCCCCCCCCCC(O)C(CO)NC(=O)CCCCCCCCCC/C=C\CCCCCCCCCCCCCCOC(=O)CCCCCCCCCCCCCCCCCC. The first-order chi connectivity index (χ1) is 36.5. The van der Waals surface area contributed by atoms with Crippen LogP contribution in [0.2, 0.25) is 0 Å². The molecule has 0 saturated carbocycles. The molecule has 2 unspecified atom stereocenters. The normalized spacial score (nSPS) is 12.5. The molecule has 0 aliphatic heterocycles. The number of ether oxygens (including phenoxy) is 1. The van der Waals surface area contributed by atoms with Crippen LogP contribution in [0, 0.1) is 0 Å². The van der Waals surface area contributed by atoms with Gasteiger partial charge in [-0.3, -0.25) is 9.59 Å². The van der Waals surface area contributed by atoms with E-state index in [4.69, 9.17) is 4.74 Å². The molecule has 0 saturated heterocycles. The van der Waals surface area contributed by atoms with Gasteiger partial charge in [0.25, 0.3) is 0 Å². The molecule has 0 aliphatic rings. The first kappa shape index (κ1) is 72.6. The van der Waals surface area contributed by atoms with Gasteiger partial charge in [0.15, 0.2) is 0 Å². The molecular weight excluding hydrogens is 911 g/mol. The molecule has 440 valence electrons. The van der Waals surface area contributed by atoms with Crippen molar-refractivity contribution in [2.45, 2.75) is 398 Å². The maximum Gasteiger partial charge on any atom is 0.305 e. The molecular formula is C68H133NO5. The largest absolute Gasteiger partial charge is 0.466 e. The number of unbranched alkanes of at least 4 members (excludes halogenated alkanes) is 51. The summed E-state index contributed by atoms with van der Waals surface area (Å²) in [6.07, 6.45) is 78.1. The molecule has 0 heterocycles. The molecule has 0 bridgehead atoms. The lowest BCUT2D eigenvalue weighted by Gasteiger charge is -2.22. The third-order valence-corrected chi connectivity index (χ3v) is 16.1. The third-order valence-electron chi connectivity index (χ3n) is 16.1. The van der Waals surface area contributed by atoms with E-state index in [-0.39, 0.29) is 18.5 Å². The summed E-state index contributed by atoms with van der Waals surface area (Å²) in [6.45, 7) is 4.99. The Kier molecular flexibility index (Phi) is 62.9. The molecule has 0 rings (SSSR count). The van der Waals surface area contributed by atoms with Crippen LogP contribution in [0.15, 0.2) is 12.2 Å². The van der Waals surface area contributed by atoms with E-state index in [9.17, 15) is 19.8 Å². The Morgan fingerprint density at radius 3 is 0.959 bits per heavy atom. The molecule has 6 nitrogen and oxygen atoms in total. The average Bonchev–Trinajstić information content (AvgIpc) is 3.40. The van der Waals surface area contributed by atoms with E-state index in [1.165, 1.54) is 315 Å². The number of aliphatic hydroxyl groups is 2. The van der Waals surface area contributed by atoms with Gasteiger partial charge in [-0.2, -0.15) is 0 Å². The number of carbonyl (C=O) groups excluding carboxylic acids is 2. The smallest absolute Gasteiger partial charge is 0.305 e. The number of esters is 1. The van der Waals surface area contributed by atoms with E-state index < -0.39 is 12.1 Å². The molecule has 0 radical (unpaired) electrons. The highest BCUT2D eigenvalue weighted by Gasteiger charge is 2.20. The zero-order valence-electron chi connectivity index (χ0n) is 50.4. The van der Waals surface area contributed by atoms with Crippen LogP contribution in [0.25, 0.3) is 0 Å². The minimum atomic E-state index is -0.667. The van der Waals surface area contributed by atoms with Crippen LogP contribution in [0.5, 0.6) is 0 Å². The number of hydrogen-bond acceptors (Lipinski definition) is 5. The van der Waals surface area contributed by atoms with Gasteiger partial charge in [0, 0.05) is 12.8 Å². The van der Waals surface area contributed by atoms with E-state index in [0.29, 0.717) is 25.9 Å². The van der Waals surface area contributed by atoms with Crippen molar-refractivity contribution < 1.29 is 24.5 Å². The number of aliphatic hydroxyl groups excluding tert-OH is 2. The fourth-order valence-electron chi connectivity index (χ4n) is 10.9. The molecule has 0 aromatic carbocycles. The number of carbonyl (C=O) groups is 2. The van der Waals surface area contributed by atoms with Gasteiger partial charge in [0.2, 0.25) is 5.91 Å². The lowest BCUT2D eigenvalue weighted by Crippen LogP contribution is -2.45. The highest BCUT2D eigenvalue weighted by molar-refractivity contribution is 5.76. The molecule has 0 aliphatic carbocycles. The molecule has 0 aromatic rings. The Hall–Kier alpha value is -1.40. The van der Waals surface area contributed by atoms with Crippen molar-refractivity contribution in [3.8, 4) is 0 Å². The second-order valence-electron chi connectivity index (χ2n) is 23.5. The average molecular weight is 1040 g/mol. The summed E-state index contributed by atoms with van der Waals surface area (Å²) >= 11 is 0. The lowest BCUT2D eigenvalue weighted by molar-refractivity contribution is -0.143. The molecule has 0 spiro atoms. The summed E-state index contributed by atoms with van der Waals surface area (Å²) in [4.78, 5) is 24.6. The number of rotatable bonds is 64. The molecule has 6 heteroatoms. The van der Waals surface area contributed by atoms with E-state index in [1.54, 1.807) is 0 Å². The van der Waals surface area contributed by atoms with E-state index in [2.05, 4.69) is 31.3 Å². The second-order valence-corrected chi connectivity index (χ2v) is 23.5. The first-order valence-corrected chi connectivity index (χ1v) is 33.9. The summed E-state index contributed by atoms with van der Waals surface area (Å²) < 4.78 is 5.50. The van der Waals surface area contributed by atoms with Crippen molar-refractivity contribution in [2.24, 2.45) is 0 Å². The van der Waals surface area contributed by atoms with Crippen molar-refractivity contribution in [3.63, 3.8) is 0 Å². The molecule has 0 fully saturated rings. The quantitative estimate of drug-likeness (QED) is 0.0320. The molecule has 3 N–H and O–H groups in total. The fraction of sp³-hybridized carbons (Fsp3) is 0.941. The van der Waals surface area contributed by atoms with Crippen molar-refractivity contribution in [1.29, 1.82) is 0 Å². The van der Waals surface area contributed by atoms with E-state index in [1.807, 2.05) is 0 Å². The number of amides is 1. The van der Waals surface area contributed by atoms with Crippen LogP contribution >= 0.6 is 0 Å². The van der Waals surface area contributed by atoms with Gasteiger partial charge < -0.3 is 20.3 Å². The third kappa shape index (κ3) is 59.8. The number of allylic oxidation sites excluding steroid dienone is 2. The van der Waals surface area contributed by atoms with Crippen molar-refractivity contribution in [3.05, 3.63) is 12.2 Å². The molecule has 2 atom stereocenters. The van der Waals surface area contributed by atoms with Crippen LogP contribution < -0.4 is 5.32 Å². The van der Waals surface area contributed by atoms with Crippen molar-refractivity contribution >= 4 is 11.9 Å². The lowest BCUT2D eigenvalue weighted by atomic mass is 10.0. The van der Waals surface area contributed by atoms with Crippen LogP contribution in [0.3, 0.4) is 0 Å². The van der Waals surface area contributed by atoms with Gasteiger partial charge in [-0.25, -0.2) is 0 Å². The van der Waals surface area contributed by atoms with Gasteiger partial charge in [0.1, 0.15) is 0 Å². The zero-order valence-corrected chi connectivity index (χ0v) is 50.4. The summed E-state index contributed by atoms with van der Waals surface area (Å²) in [5.74, 6) is -0.0189. The topological polar surface area (TPSA) is 95.9 Å². The van der Waals surface area contributed by atoms with Gasteiger partial charge in [-0.05, 0) is 51.4 Å². The second kappa shape index (κ2) is 64.1. The summed E-state index contributed by atoms with van der Waals surface area (Å²) in [6, 6.07) is -0.544. The maximum atomic E-state index is 12.5. The Morgan fingerprint density at radius 2 is 0.635 bits per heavy atom. The van der Waals surface area contributed by atoms with Gasteiger partial charge in [-0.1, -0.05) is 334 Å². The zero-order chi connectivity index (χ0) is 53.6. The minimum absolute atomic E-state index is 0.0170. The van der Waals surface area contributed by atoms with Crippen molar-refractivity contribution in [1.82, 2.24) is 5.32 Å². The Balaban J connectivity index is 3.38. The highest BCUT2D eigenvalue weighted by atomic mass is 16.5. The fourth-order valence-corrected chi connectivity index (χ4v) is 10.9. The summed E-state index contributed by atoms with van der Waals surface area (Å²) in [7, 11) is 0. The molecule has 1 amide bonds. The first-order valence-electron chi connectivity index (χ1n) is 33.9. The number of nitrogens with one attached hydrogen (secondary N) is 1. The van der Waals surface area contributed by atoms with E-state index >= 15 is 0 Å². The van der Waals surface area contributed by atoms with Crippen LogP contribution in [0.4, 0.5) is 0 Å². The Labute approximate surface area is 463 Å². The highest BCUT2D eigenvalue weighted by Crippen LogP contribution is 2.19. The predicted molar refractivity (Wildman–Crippen MR) is 324 cm³/mol. The standard InChI is InChI=1S/C68H133NO5/c1-3-5-7-9-11-13-15-17-19-29-32-36-40-44-48-52-56-60-66(71)65(64-70)69-67(72)61-57-53-49-45-41-37-33-30-27-25-23-21-22-24-26-28-31-35-39-43-47-51-55-59-63-74-68(73)62-58-54-50-46-42-38-34-20-18-16-14-12-10-8-6-4-2/h23,25,65-66,70-71H,3-22,24,26-64H2,1-2H3,(H,69,72)/b25-23-. The predicted octanol–water partition coefficient (Wildman–Crippen LogP) is 21.6. The molecule has 0 aromatic heterocycles. The Morgan fingerprint density at radius 1 is 0.365 bits per heavy atom. The van der Waals surface area contributed by atoms with Crippen molar-refractivity contribution in [2.75, 3.05) is 13.2 Å². The monoisotopic (exact) mass is 1040 g/mol. The van der Waals surface area contributed by atoms with Crippen LogP contribution in [-0.4, -0.2) is 47.4 Å².